The summed E-state index contributed by atoms with van der Waals surface area (Å²) in [6.45, 7) is 0.263. The molecular formula is C16H13FN2O. The van der Waals surface area contributed by atoms with E-state index in [-0.39, 0.29) is 12.4 Å². The van der Waals surface area contributed by atoms with Gasteiger partial charge in [-0.2, -0.15) is 0 Å². The van der Waals surface area contributed by atoms with Crippen LogP contribution in [-0.2, 0) is 6.61 Å². The summed E-state index contributed by atoms with van der Waals surface area (Å²) < 4.78 is 18.8. The second-order valence-corrected chi connectivity index (χ2v) is 4.50. The van der Waals surface area contributed by atoms with E-state index in [1.165, 1.54) is 12.3 Å². The highest BCUT2D eigenvalue weighted by Crippen LogP contribution is 2.30. The van der Waals surface area contributed by atoms with Gasteiger partial charge < -0.3 is 10.5 Å². The van der Waals surface area contributed by atoms with Gasteiger partial charge in [-0.15, -0.1) is 0 Å². The van der Waals surface area contributed by atoms with Crippen LogP contribution in [0.4, 0.5) is 10.1 Å². The van der Waals surface area contributed by atoms with E-state index in [4.69, 9.17) is 10.5 Å². The number of pyridine rings is 1. The quantitative estimate of drug-likeness (QED) is 0.739. The summed E-state index contributed by atoms with van der Waals surface area (Å²) in [6.07, 6.45) is 2.75. The number of anilines is 1. The largest absolute Gasteiger partial charge is 0.488 e. The van der Waals surface area contributed by atoms with E-state index < -0.39 is 0 Å². The number of ether oxygens (including phenoxy) is 1. The summed E-state index contributed by atoms with van der Waals surface area (Å²) in [4.78, 5) is 3.80. The van der Waals surface area contributed by atoms with Gasteiger partial charge in [0.05, 0.1) is 6.20 Å². The number of nitrogens with zero attached hydrogens (tertiary/aromatic N) is 1. The molecule has 0 aliphatic carbocycles. The van der Waals surface area contributed by atoms with E-state index in [9.17, 15) is 4.39 Å². The number of benzene rings is 2. The average molecular weight is 268 g/mol. The molecule has 0 fully saturated rings. The molecule has 0 spiro atoms. The highest BCUT2D eigenvalue weighted by Gasteiger charge is 2.05. The molecule has 0 saturated carbocycles. The van der Waals surface area contributed by atoms with Crippen molar-refractivity contribution in [1.82, 2.24) is 4.98 Å². The maximum atomic E-state index is 13.1. The molecule has 2 aromatic carbocycles. The molecule has 100 valence electrons. The van der Waals surface area contributed by atoms with Crippen molar-refractivity contribution in [3.05, 3.63) is 66.2 Å². The standard InChI is InChI=1S/C16H13FN2O/c17-12-7-11(8-19-9-12)10-20-16-6-5-15(18)13-3-1-2-4-14(13)16/h1-9H,10,18H2. The van der Waals surface area contributed by atoms with Gasteiger partial charge in [0.25, 0.3) is 0 Å². The lowest BCUT2D eigenvalue weighted by Gasteiger charge is -2.10. The number of fused-ring (bicyclic) bond motifs is 1. The molecule has 0 unspecified atom stereocenters. The van der Waals surface area contributed by atoms with Crippen LogP contribution in [0.25, 0.3) is 10.8 Å². The Balaban J connectivity index is 1.90. The van der Waals surface area contributed by atoms with Crippen LogP contribution in [-0.4, -0.2) is 4.98 Å². The van der Waals surface area contributed by atoms with Crippen molar-refractivity contribution in [3.8, 4) is 5.75 Å². The fourth-order valence-electron chi connectivity index (χ4n) is 2.12. The van der Waals surface area contributed by atoms with Crippen molar-refractivity contribution < 1.29 is 9.13 Å². The van der Waals surface area contributed by atoms with Crippen molar-refractivity contribution in [3.63, 3.8) is 0 Å². The van der Waals surface area contributed by atoms with Crippen molar-refractivity contribution in [1.29, 1.82) is 0 Å². The third kappa shape index (κ3) is 2.40. The van der Waals surface area contributed by atoms with Gasteiger partial charge in [-0.1, -0.05) is 24.3 Å². The molecule has 0 atom stereocenters. The fourth-order valence-corrected chi connectivity index (χ4v) is 2.12. The fraction of sp³-hybridized carbons (Fsp3) is 0.0625. The van der Waals surface area contributed by atoms with Gasteiger partial charge in [-0.05, 0) is 18.2 Å². The average Bonchev–Trinajstić information content (AvgIpc) is 2.47. The Labute approximate surface area is 115 Å². The van der Waals surface area contributed by atoms with Gasteiger partial charge in [0.2, 0.25) is 0 Å². The molecule has 3 aromatic rings. The Morgan fingerprint density at radius 2 is 1.85 bits per heavy atom. The Kier molecular flexibility index (Phi) is 3.21. The summed E-state index contributed by atoms with van der Waals surface area (Å²) in [7, 11) is 0. The van der Waals surface area contributed by atoms with Gasteiger partial charge in [-0.3, -0.25) is 4.98 Å². The van der Waals surface area contributed by atoms with E-state index in [0.717, 1.165) is 16.5 Å². The Bertz CT molecular complexity index is 758. The number of rotatable bonds is 3. The lowest BCUT2D eigenvalue weighted by atomic mass is 10.1. The zero-order chi connectivity index (χ0) is 13.9. The second kappa shape index (κ2) is 5.17. The lowest BCUT2D eigenvalue weighted by molar-refractivity contribution is 0.309. The second-order valence-electron chi connectivity index (χ2n) is 4.50. The van der Waals surface area contributed by atoms with Crippen molar-refractivity contribution in [2.45, 2.75) is 6.61 Å². The van der Waals surface area contributed by atoms with E-state index >= 15 is 0 Å². The topological polar surface area (TPSA) is 48.1 Å². The van der Waals surface area contributed by atoms with E-state index in [1.807, 2.05) is 36.4 Å². The van der Waals surface area contributed by atoms with Crippen molar-refractivity contribution >= 4 is 16.5 Å². The SMILES string of the molecule is Nc1ccc(OCc2cncc(F)c2)c2ccccc12. The Morgan fingerprint density at radius 1 is 1.05 bits per heavy atom. The minimum Gasteiger partial charge on any atom is -0.488 e. The van der Waals surface area contributed by atoms with Crippen LogP contribution in [0.5, 0.6) is 5.75 Å². The smallest absolute Gasteiger partial charge is 0.141 e. The minimum atomic E-state index is -0.367. The molecule has 0 aliphatic heterocycles. The number of aromatic nitrogens is 1. The zero-order valence-electron chi connectivity index (χ0n) is 10.7. The van der Waals surface area contributed by atoms with Crippen LogP contribution in [0, 0.1) is 5.82 Å². The van der Waals surface area contributed by atoms with E-state index in [2.05, 4.69) is 4.98 Å². The molecule has 1 aromatic heterocycles. The summed E-state index contributed by atoms with van der Waals surface area (Å²) in [5, 5.41) is 1.89. The molecule has 3 rings (SSSR count). The van der Waals surface area contributed by atoms with Crippen LogP contribution in [0.2, 0.25) is 0 Å². The predicted octanol–water partition coefficient (Wildman–Crippen LogP) is 3.54. The molecule has 0 radical (unpaired) electrons. The molecule has 1 heterocycles. The van der Waals surface area contributed by atoms with Gasteiger partial charge in [-0.25, -0.2) is 4.39 Å². The first-order valence-corrected chi connectivity index (χ1v) is 6.23. The van der Waals surface area contributed by atoms with Gasteiger partial charge >= 0.3 is 0 Å². The van der Waals surface area contributed by atoms with E-state index in [1.54, 1.807) is 6.20 Å². The molecule has 4 heteroatoms. The molecule has 0 aliphatic rings. The van der Waals surface area contributed by atoms with Crippen LogP contribution < -0.4 is 10.5 Å². The maximum Gasteiger partial charge on any atom is 0.141 e. The Hall–Kier alpha value is -2.62. The third-order valence-electron chi connectivity index (χ3n) is 3.07. The molecule has 3 nitrogen and oxygen atoms in total. The first kappa shape index (κ1) is 12.4. The summed E-state index contributed by atoms with van der Waals surface area (Å²) in [6, 6.07) is 12.8. The van der Waals surface area contributed by atoms with Crippen LogP contribution >= 0.6 is 0 Å². The monoisotopic (exact) mass is 268 g/mol. The molecule has 0 bridgehead atoms. The Morgan fingerprint density at radius 3 is 2.65 bits per heavy atom. The van der Waals surface area contributed by atoms with Gasteiger partial charge in [0, 0.05) is 28.2 Å². The highest BCUT2D eigenvalue weighted by atomic mass is 19.1. The van der Waals surface area contributed by atoms with Crippen LogP contribution in [0.15, 0.2) is 54.9 Å². The summed E-state index contributed by atoms with van der Waals surface area (Å²) in [5.74, 6) is 0.354. The number of nitrogens with two attached hydrogens (primary N) is 1. The highest BCUT2D eigenvalue weighted by molar-refractivity contribution is 5.96. The molecule has 0 amide bonds. The number of halogens is 1. The number of nitrogen functional groups attached to an aromatic ring is 1. The van der Waals surface area contributed by atoms with Gasteiger partial charge in [0.15, 0.2) is 0 Å². The molecule has 0 saturated heterocycles. The zero-order valence-corrected chi connectivity index (χ0v) is 10.7. The predicted molar refractivity (Wildman–Crippen MR) is 76.9 cm³/mol. The normalized spacial score (nSPS) is 10.7. The van der Waals surface area contributed by atoms with Crippen molar-refractivity contribution in [2.24, 2.45) is 0 Å². The van der Waals surface area contributed by atoms with Gasteiger partial charge in [0.1, 0.15) is 18.2 Å². The minimum absolute atomic E-state index is 0.263. The molecule has 20 heavy (non-hydrogen) atoms. The number of hydrogen-bond acceptors (Lipinski definition) is 3. The maximum absolute atomic E-state index is 13.1. The van der Waals surface area contributed by atoms with Crippen LogP contribution in [0.3, 0.4) is 0 Å². The van der Waals surface area contributed by atoms with Crippen molar-refractivity contribution in [2.75, 3.05) is 5.73 Å². The van der Waals surface area contributed by atoms with E-state index in [0.29, 0.717) is 11.3 Å². The summed E-state index contributed by atoms with van der Waals surface area (Å²) >= 11 is 0. The first-order chi connectivity index (χ1) is 9.74. The lowest BCUT2D eigenvalue weighted by Crippen LogP contribution is -1.98. The third-order valence-corrected chi connectivity index (χ3v) is 3.07. The summed E-state index contributed by atoms with van der Waals surface area (Å²) in [5.41, 5.74) is 7.33. The van der Waals surface area contributed by atoms with Crippen LogP contribution in [0.1, 0.15) is 5.56 Å². The first-order valence-electron chi connectivity index (χ1n) is 6.23. The molecular weight excluding hydrogens is 255 g/mol. The number of hydrogen-bond donors (Lipinski definition) is 1. The molecule has 2 N–H and O–H groups in total.